The molecule has 0 heterocycles. The van der Waals surface area contributed by atoms with E-state index in [1.807, 2.05) is 54.5 Å². The number of carboxylic acid groups (broad SMARTS) is 1. The second-order valence-corrected chi connectivity index (χ2v) is 7.12. The Morgan fingerprint density at radius 1 is 1.12 bits per heavy atom. The molecule has 1 aromatic carbocycles. The highest BCUT2D eigenvalue weighted by molar-refractivity contribution is 7.91. The molecule has 2 rings (SSSR count). The maximum Gasteiger partial charge on any atom is 0.303 e. The van der Waals surface area contributed by atoms with Crippen molar-refractivity contribution in [3.8, 4) is 0 Å². The molecule has 146 valence electrons. The number of hydrogen-bond acceptors (Lipinski definition) is 3. The molecular weight excluding hydrogens is 336 g/mol. The van der Waals surface area contributed by atoms with Crippen LogP contribution in [0.5, 0.6) is 0 Å². The number of benzene rings is 1. The lowest BCUT2D eigenvalue weighted by Crippen LogP contribution is -2.08. The molecule has 1 aromatic rings. The summed E-state index contributed by atoms with van der Waals surface area (Å²) in [7, 11) is -3.23. The van der Waals surface area contributed by atoms with E-state index in [0.717, 1.165) is 24.0 Å². The molecule has 0 aromatic heterocycles. The van der Waals surface area contributed by atoms with Gasteiger partial charge in [-0.1, -0.05) is 54.5 Å². The van der Waals surface area contributed by atoms with Gasteiger partial charge in [0.05, 0.1) is 17.1 Å². The van der Waals surface area contributed by atoms with Crippen LogP contribution in [-0.2, 0) is 21.1 Å². The summed E-state index contributed by atoms with van der Waals surface area (Å²) in [6.07, 6.45) is 2.28. The molecular formula is C20H36O4S. The molecule has 0 fully saturated rings. The molecule has 0 radical (unpaired) electrons. The van der Waals surface area contributed by atoms with Crippen LogP contribution in [0.3, 0.4) is 0 Å². The van der Waals surface area contributed by atoms with Gasteiger partial charge in [0.25, 0.3) is 0 Å². The Balaban J connectivity index is 0. The molecule has 25 heavy (non-hydrogen) atoms. The molecule has 1 atom stereocenters. The predicted molar refractivity (Wildman–Crippen MR) is 106 cm³/mol. The largest absolute Gasteiger partial charge is 0.481 e. The average molecular weight is 373 g/mol. The Bertz CT molecular complexity index is 592. The van der Waals surface area contributed by atoms with Crippen LogP contribution in [0.2, 0.25) is 0 Å². The van der Waals surface area contributed by atoms with Crippen molar-refractivity contribution >= 4 is 15.8 Å². The van der Waals surface area contributed by atoms with E-state index >= 15 is 0 Å². The van der Waals surface area contributed by atoms with Gasteiger partial charge in [0.2, 0.25) is 0 Å². The summed E-state index contributed by atoms with van der Waals surface area (Å²) in [6, 6.07) is 5.16. The first-order valence-electron chi connectivity index (χ1n) is 9.51. The van der Waals surface area contributed by atoms with Crippen LogP contribution in [0.1, 0.15) is 84.8 Å². The minimum absolute atomic E-state index is 0.0516. The topological polar surface area (TPSA) is 71.4 Å². The number of hydrogen-bond donors (Lipinski definition) is 1. The van der Waals surface area contributed by atoms with Gasteiger partial charge in [0, 0.05) is 0 Å². The monoisotopic (exact) mass is 372 g/mol. The fourth-order valence-corrected chi connectivity index (χ4v) is 4.02. The molecule has 0 spiro atoms. The summed E-state index contributed by atoms with van der Waals surface area (Å²) in [5, 5.41) is 8.89. The van der Waals surface area contributed by atoms with E-state index in [2.05, 4.69) is 0 Å². The van der Waals surface area contributed by atoms with E-state index in [9.17, 15) is 13.2 Å². The van der Waals surface area contributed by atoms with Gasteiger partial charge >= 0.3 is 5.97 Å². The fraction of sp³-hybridized carbons (Fsp3) is 0.650. The van der Waals surface area contributed by atoms with E-state index in [0.29, 0.717) is 11.3 Å². The van der Waals surface area contributed by atoms with Crippen LogP contribution >= 0.6 is 0 Å². The number of carboxylic acids is 1. The van der Waals surface area contributed by atoms with Gasteiger partial charge in [-0.05, 0) is 48.4 Å². The van der Waals surface area contributed by atoms with Gasteiger partial charge in [-0.3, -0.25) is 4.79 Å². The van der Waals surface area contributed by atoms with Gasteiger partial charge in [-0.15, -0.1) is 0 Å². The number of aryl methyl sites for hydroxylation is 1. The zero-order chi connectivity index (χ0) is 20.0. The summed E-state index contributed by atoms with van der Waals surface area (Å²) < 4.78 is 24.1. The molecule has 0 saturated carbocycles. The Kier molecular flexibility index (Phi) is 14.4. The van der Waals surface area contributed by atoms with Crippen molar-refractivity contribution < 1.29 is 18.3 Å². The van der Waals surface area contributed by atoms with Gasteiger partial charge in [0.15, 0.2) is 9.84 Å². The second kappa shape index (κ2) is 13.9. The van der Waals surface area contributed by atoms with Crippen molar-refractivity contribution in [3.05, 3.63) is 29.3 Å². The third kappa shape index (κ3) is 8.04. The van der Waals surface area contributed by atoms with Crippen LogP contribution < -0.4 is 0 Å². The molecule has 0 saturated heterocycles. The Morgan fingerprint density at radius 2 is 1.68 bits per heavy atom. The molecule has 1 aliphatic rings. The molecule has 0 amide bonds. The lowest BCUT2D eigenvalue weighted by Gasteiger charge is -2.10. The number of fused-ring (bicyclic) bond motifs is 1. The summed E-state index contributed by atoms with van der Waals surface area (Å²) in [5.41, 5.74) is 1.99. The highest BCUT2D eigenvalue weighted by Crippen LogP contribution is 2.36. The maximum atomic E-state index is 12.0. The van der Waals surface area contributed by atoms with E-state index in [4.69, 9.17) is 5.11 Å². The summed E-state index contributed by atoms with van der Waals surface area (Å²) in [4.78, 5) is 11.2. The van der Waals surface area contributed by atoms with E-state index in [1.54, 1.807) is 12.1 Å². The Morgan fingerprint density at radius 3 is 2.16 bits per heavy atom. The smallest absolute Gasteiger partial charge is 0.303 e. The van der Waals surface area contributed by atoms with Crippen LogP contribution in [0, 0.1) is 0 Å². The summed E-state index contributed by atoms with van der Waals surface area (Å²) in [5.74, 6) is -0.751. The normalized spacial score (nSPS) is 14.6. The maximum absolute atomic E-state index is 12.0. The lowest BCUT2D eigenvalue weighted by molar-refractivity contribution is -0.137. The standard InChI is InChI=1S/C14H18O4S.3C2H6/c1-2-7-19(17,18)12-6-5-10-3-4-11(8-14(15)16)13(10)9-12;3*1-2/h5-6,9,11H,2-4,7-8H2,1H3,(H,15,16);3*1-2H3. The Hall–Kier alpha value is -1.36. The van der Waals surface area contributed by atoms with E-state index in [1.165, 1.54) is 0 Å². The number of rotatable bonds is 5. The predicted octanol–water partition coefficient (Wildman–Crippen LogP) is 5.45. The lowest BCUT2D eigenvalue weighted by atomic mass is 9.98. The van der Waals surface area contributed by atoms with Crippen molar-refractivity contribution in [2.45, 2.75) is 85.0 Å². The van der Waals surface area contributed by atoms with Crippen molar-refractivity contribution in [1.29, 1.82) is 0 Å². The van der Waals surface area contributed by atoms with Gasteiger partial charge in [-0.2, -0.15) is 0 Å². The van der Waals surface area contributed by atoms with Crippen molar-refractivity contribution in [2.75, 3.05) is 5.75 Å². The van der Waals surface area contributed by atoms with E-state index < -0.39 is 15.8 Å². The zero-order valence-corrected chi connectivity index (χ0v) is 17.7. The Labute approximate surface area is 154 Å². The van der Waals surface area contributed by atoms with Crippen molar-refractivity contribution in [1.82, 2.24) is 0 Å². The summed E-state index contributed by atoms with van der Waals surface area (Å²) >= 11 is 0. The highest BCUT2D eigenvalue weighted by Gasteiger charge is 2.26. The van der Waals surface area contributed by atoms with Gasteiger partial charge < -0.3 is 5.11 Å². The molecule has 4 nitrogen and oxygen atoms in total. The van der Waals surface area contributed by atoms with Gasteiger partial charge in [-0.25, -0.2) is 8.42 Å². The van der Waals surface area contributed by atoms with Crippen LogP contribution in [0.15, 0.2) is 23.1 Å². The molecule has 1 unspecified atom stereocenters. The van der Waals surface area contributed by atoms with Crippen LogP contribution in [0.4, 0.5) is 0 Å². The zero-order valence-electron chi connectivity index (χ0n) is 16.9. The molecule has 0 aliphatic heterocycles. The molecule has 1 aliphatic carbocycles. The van der Waals surface area contributed by atoms with Gasteiger partial charge in [0.1, 0.15) is 0 Å². The third-order valence-corrected chi connectivity index (χ3v) is 5.49. The first-order valence-corrected chi connectivity index (χ1v) is 11.2. The minimum Gasteiger partial charge on any atom is -0.481 e. The fourth-order valence-electron chi connectivity index (χ4n) is 2.67. The number of aliphatic carboxylic acids is 1. The highest BCUT2D eigenvalue weighted by atomic mass is 32.2. The van der Waals surface area contributed by atoms with Crippen LogP contribution in [0.25, 0.3) is 0 Å². The average Bonchev–Trinajstić information content (AvgIpc) is 3.02. The quantitative estimate of drug-likeness (QED) is 0.745. The molecule has 5 heteroatoms. The van der Waals surface area contributed by atoms with E-state index in [-0.39, 0.29) is 18.1 Å². The number of carbonyl (C=O) groups is 1. The van der Waals surface area contributed by atoms with Crippen LogP contribution in [-0.4, -0.2) is 25.2 Å². The van der Waals surface area contributed by atoms with Crippen molar-refractivity contribution in [2.24, 2.45) is 0 Å². The number of sulfone groups is 1. The second-order valence-electron chi connectivity index (χ2n) is 5.01. The first kappa shape index (κ1) is 25.9. The SMILES string of the molecule is CC.CC.CC.CCCS(=O)(=O)c1ccc2c(c1)C(CC(=O)O)CC2. The van der Waals surface area contributed by atoms with Crippen molar-refractivity contribution in [3.63, 3.8) is 0 Å². The minimum atomic E-state index is -3.23. The first-order chi connectivity index (χ1) is 11.9. The third-order valence-electron chi connectivity index (χ3n) is 3.57. The molecule has 0 bridgehead atoms. The molecule has 1 N–H and O–H groups in total. The summed E-state index contributed by atoms with van der Waals surface area (Å²) in [6.45, 7) is 13.8.